The van der Waals surface area contributed by atoms with E-state index in [1.54, 1.807) is 13.3 Å². The standard InChI is InChI=1S/C20H24N2O2/c1-3-13-12-22-9-7-14(13)10-19(22)20(23)16-6-8-21-18-5-4-15(24-2)11-17(16)18/h3-6,8,11,13-14,19-20,23H,1,7,9-10,12H2,2H3/t13-,14-,19-,20-/m1/s1. The lowest BCUT2D eigenvalue weighted by atomic mass is 9.73. The third-order valence-corrected chi connectivity index (χ3v) is 5.82. The van der Waals surface area contributed by atoms with Gasteiger partial charge in [0.1, 0.15) is 5.75 Å². The molecule has 0 aliphatic carbocycles. The predicted molar refractivity (Wildman–Crippen MR) is 95.0 cm³/mol. The first-order valence-corrected chi connectivity index (χ1v) is 8.68. The molecule has 4 nitrogen and oxygen atoms in total. The van der Waals surface area contributed by atoms with Crippen molar-refractivity contribution >= 4 is 10.9 Å². The summed E-state index contributed by atoms with van der Waals surface area (Å²) in [5.41, 5.74) is 1.85. The second-order valence-electron chi connectivity index (χ2n) is 6.97. The summed E-state index contributed by atoms with van der Waals surface area (Å²) < 4.78 is 5.35. The van der Waals surface area contributed by atoms with E-state index >= 15 is 0 Å². The number of hydrogen-bond acceptors (Lipinski definition) is 4. The zero-order chi connectivity index (χ0) is 16.7. The summed E-state index contributed by atoms with van der Waals surface area (Å²) in [7, 11) is 1.66. The van der Waals surface area contributed by atoms with Crippen LogP contribution >= 0.6 is 0 Å². The lowest BCUT2D eigenvalue weighted by molar-refractivity contribution is -0.0444. The average Bonchev–Trinajstić information content (AvgIpc) is 2.66. The lowest BCUT2D eigenvalue weighted by Crippen LogP contribution is -2.54. The monoisotopic (exact) mass is 324 g/mol. The highest BCUT2D eigenvalue weighted by atomic mass is 16.5. The van der Waals surface area contributed by atoms with E-state index in [0.717, 1.165) is 41.7 Å². The Labute approximate surface area is 142 Å². The van der Waals surface area contributed by atoms with Gasteiger partial charge >= 0.3 is 0 Å². The van der Waals surface area contributed by atoms with Gasteiger partial charge in [-0.25, -0.2) is 0 Å². The average molecular weight is 324 g/mol. The molecule has 1 aromatic heterocycles. The van der Waals surface area contributed by atoms with E-state index < -0.39 is 6.10 Å². The Morgan fingerprint density at radius 3 is 3.00 bits per heavy atom. The first-order valence-electron chi connectivity index (χ1n) is 8.68. The summed E-state index contributed by atoms with van der Waals surface area (Å²) in [5, 5.41) is 12.1. The van der Waals surface area contributed by atoms with Gasteiger partial charge in [0.15, 0.2) is 0 Å². The van der Waals surface area contributed by atoms with E-state index in [1.807, 2.05) is 24.3 Å². The number of aliphatic hydroxyl groups is 1. The third-order valence-electron chi connectivity index (χ3n) is 5.82. The van der Waals surface area contributed by atoms with Crippen LogP contribution in [-0.2, 0) is 0 Å². The molecule has 24 heavy (non-hydrogen) atoms. The predicted octanol–water partition coefficient (Wildman–Crippen LogP) is 3.17. The molecule has 126 valence electrons. The van der Waals surface area contributed by atoms with Crippen LogP contribution in [0.2, 0.25) is 0 Å². The van der Waals surface area contributed by atoms with Crippen LogP contribution in [0.5, 0.6) is 5.75 Å². The first-order chi connectivity index (χ1) is 11.7. The quantitative estimate of drug-likeness (QED) is 0.878. The van der Waals surface area contributed by atoms with Gasteiger partial charge in [-0.05, 0) is 61.1 Å². The molecule has 3 saturated heterocycles. The fourth-order valence-corrected chi connectivity index (χ4v) is 4.44. The Bertz CT molecular complexity index is 760. The minimum absolute atomic E-state index is 0.178. The molecule has 3 fully saturated rings. The van der Waals surface area contributed by atoms with Gasteiger partial charge in [-0.3, -0.25) is 9.88 Å². The van der Waals surface area contributed by atoms with E-state index in [0.29, 0.717) is 11.8 Å². The van der Waals surface area contributed by atoms with Crippen molar-refractivity contribution in [2.75, 3.05) is 20.2 Å². The highest BCUT2D eigenvalue weighted by molar-refractivity contribution is 5.83. The van der Waals surface area contributed by atoms with Crippen molar-refractivity contribution in [2.45, 2.75) is 25.0 Å². The minimum atomic E-state index is -0.504. The van der Waals surface area contributed by atoms with E-state index in [9.17, 15) is 5.11 Å². The molecule has 1 aromatic carbocycles. The molecule has 0 spiro atoms. The summed E-state index contributed by atoms with van der Waals surface area (Å²) >= 11 is 0. The molecule has 2 aromatic rings. The number of aromatic nitrogens is 1. The molecule has 5 atom stereocenters. The number of piperidine rings is 3. The van der Waals surface area contributed by atoms with E-state index in [4.69, 9.17) is 4.74 Å². The zero-order valence-corrected chi connectivity index (χ0v) is 14.1. The van der Waals surface area contributed by atoms with Crippen molar-refractivity contribution in [3.05, 3.63) is 48.7 Å². The molecule has 4 heterocycles. The van der Waals surface area contributed by atoms with Crippen LogP contribution in [0, 0.1) is 11.8 Å². The summed E-state index contributed by atoms with van der Waals surface area (Å²) in [6.45, 7) is 6.07. The maximum absolute atomic E-state index is 11.2. The van der Waals surface area contributed by atoms with Crippen LogP contribution in [0.3, 0.4) is 0 Å². The number of fused-ring (bicyclic) bond motifs is 4. The molecule has 3 aliphatic heterocycles. The van der Waals surface area contributed by atoms with E-state index in [-0.39, 0.29) is 6.04 Å². The topological polar surface area (TPSA) is 45.6 Å². The highest BCUT2D eigenvalue weighted by Crippen LogP contribution is 2.42. The maximum atomic E-state index is 11.2. The minimum Gasteiger partial charge on any atom is -0.497 e. The van der Waals surface area contributed by atoms with Crippen LogP contribution < -0.4 is 4.74 Å². The van der Waals surface area contributed by atoms with Gasteiger partial charge in [0, 0.05) is 24.2 Å². The smallest absolute Gasteiger partial charge is 0.119 e. The summed E-state index contributed by atoms with van der Waals surface area (Å²) in [6.07, 6.45) is 5.62. The van der Waals surface area contributed by atoms with E-state index in [1.165, 1.54) is 6.42 Å². The second kappa shape index (κ2) is 6.19. The summed E-state index contributed by atoms with van der Waals surface area (Å²) in [5.74, 6) is 2.01. The van der Waals surface area contributed by atoms with Crippen molar-refractivity contribution in [1.82, 2.24) is 9.88 Å². The van der Waals surface area contributed by atoms with Gasteiger partial charge in [-0.1, -0.05) is 6.08 Å². The Hall–Kier alpha value is -1.91. The number of methoxy groups -OCH3 is 1. The number of nitrogens with zero attached hydrogens (tertiary/aromatic N) is 2. The van der Waals surface area contributed by atoms with Gasteiger partial charge in [-0.2, -0.15) is 0 Å². The number of aliphatic hydroxyl groups excluding tert-OH is 1. The molecular formula is C20H24N2O2. The second-order valence-corrected chi connectivity index (χ2v) is 6.97. The van der Waals surface area contributed by atoms with Gasteiger partial charge in [0.05, 0.1) is 18.7 Å². The Morgan fingerprint density at radius 1 is 1.42 bits per heavy atom. The van der Waals surface area contributed by atoms with Crippen LogP contribution in [0.1, 0.15) is 24.5 Å². The fourth-order valence-electron chi connectivity index (χ4n) is 4.44. The lowest BCUT2D eigenvalue weighted by Gasteiger charge is -2.50. The van der Waals surface area contributed by atoms with E-state index in [2.05, 4.69) is 22.5 Å². The molecule has 1 N–H and O–H groups in total. The number of pyridine rings is 1. The molecule has 1 unspecified atom stereocenters. The molecule has 3 aliphatic rings. The SMILES string of the molecule is C=C[C@@H]1CN2CC[C@@H]1C[C@@H]2[C@H](O)c1ccnc2ccc(OC)cc12. The van der Waals surface area contributed by atoms with Crippen molar-refractivity contribution in [1.29, 1.82) is 0 Å². The van der Waals surface area contributed by atoms with Gasteiger partial charge in [0.2, 0.25) is 0 Å². The van der Waals surface area contributed by atoms with Gasteiger partial charge in [-0.15, -0.1) is 6.58 Å². The van der Waals surface area contributed by atoms with Crippen molar-refractivity contribution in [3.63, 3.8) is 0 Å². The number of benzene rings is 1. The normalized spacial score (nSPS) is 30.2. The Morgan fingerprint density at radius 2 is 2.29 bits per heavy atom. The molecule has 5 rings (SSSR count). The maximum Gasteiger partial charge on any atom is 0.119 e. The molecule has 0 radical (unpaired) electrons. The van der Waals surface area contributed by atoms with Gasteiger partial charge in [0.25, 0.3) is 0 Å². The number of ether oxygens (including phenoxy) is 1. The molecule has 0 saturated carbocycles. The summed E-state index contributed by atoms with van der Waals surface area (Å²) in [4.78, 5) is 6.86. The summed E-state index contributed by atoms with van der Waals surface area (Å²) in [6, 6.07) is 7.96. The molecule has 2 bridgehead atoms. The third kappa shape index (κ3) is 2.50. The van der Waals surface area contributed by atoms with Crippen molar-refractivity contribution < 1.29 is 9.84 Å². The van der Waals surface area contributed by atoms with Crippen LogP contribution in [-0.4, -0.2) is 41.2 Å². The molecule has 0 amide bonds. The van der Waals surface area contributed by atoms with Crippen molar-refractivity contribution in [3.8, 4) is 5.75 Å². The van der Waals surface area contributed by atoms with Crippen LogP contribution in [0.25, 0.3) is 10.9 Å². The highest BCUT2D eigenvalue weighted by Gasteiger charge is 2.42. The van der Waals surface area contributed by atoms with Crippen LogP contribution in [0.4, 0.5) is 0 Å². The fraction of sp³-hybridized carbons (Fsp3) is 0.450. The Kier molecular flexibility index (Phi) is 4.02. The van der Waals surface area contributed by atoms with Crippen molar-refractivity contribution in [2.24, 2.45) is 11.8 Å². The van der Waals surface area contributed by atoms with Gasteiger partial charge < -0.3 is 9.84 Å². The first kappa shape index (κ1) is 15.6. The Balaban J connectivity index is 1.69. The molecular weight excluding hydrogens is 300 g/mol. The largest absolute Gasteiger partial charge is 0.497 e. The number of hydrogen-bond donors (Lipinski definition) is 1. The number of rotatable bonds is 4. The zero-order valence-electron chi connectivity index (χ0n) is 14.1. The van der Waals surface area contributed by atoms with Crippen LogP contribution in [0.15, 0.2) is 43.1 Å². The molecule has 4 heteroatoms.